The van der Waals surface area contributed by atoms with Crippen LogP contribution in [0.3, 0.4) is 0 Å². The van der Waals surface area contributed by atoms with Gasteiger partial charge in [-0.25, -0.2) is 0 Å². The van der Waals surface area contributed by atoms with E-state index in [0.29, 0.717) is 24.9 Å². The number of allylic oxidation sites excluding steroid dienone is 2. The second-order valence-electron chi connectivity index (χ2n) is 7.09. The lowest BCUT2D eigenvalue weighted by atomic mass is 9.89. The van der Waals surface area contributed by atoms with Gasteiger partial charge in [-0.05, 0) is 30.2 Å². The van der Waals surface area contributed by atoms with Crippen LogP contribution in [0.15, 0.2) is 42.5 Å². The summed E-state index contributed by atoms with van der Waals surface area (Å²) in [7, 11) is 0. The van der Waals surface area contributed by atoms with Crippen molar-refractivity contribution < 1.29 is 14.7 Å². The van der Waals surface area contributed by atoms with E-state index in [-0.39, 0.29) is 17.7 Å². The number of aliphatic carboxylic acids is 1. The normalized spacial score (nSPS) is 35.0. The molecule has 5 atom stereocenters. The number of carboxylic acid groups (broad SMARTS) is 1. The molecule has 1 amide bonds. The first-order chi connectivity index (χ1) is 11.1. The molecule has 2 aliphatic carbocycles. The highest BCUT2D eigenvalue weighted by Crippen LogP contribution is 2.45. The number of rotatable bonds is 3. The average Bonchev–Trinajstić information content (AvgIpc) is 3.29. The van der Waals surface area contributed by atoms with Crippen molar-refractivity contribution in [3.8, 4) is 0 Å². The first-order valence-electron chi connectivity index (χ1n) is 8.38. The van der Waals surface area contributed by atoms with E-state index in [1.54, 1.807) is 4.90 Å². The molecule has 0 spiro atoms. The number of hydrogen-bond donors (Lipinski definition) is 1. The monoisotopic (exact) mass is 311 g/mol. The lowest BCUT2D eigenvalue weighted by Crippen LogP contribution is -2.36. The van der Waals surface area contributed by atoms with Gasteiger partial charge in [0, 0.05) is 24.9 Å². The third kappa shape index (κ3) is 2.46. The second-order valence-corrected chi connectivity index (χ2v) is 7.09. The first-order valence-corrected chi connectivity index (χ1v) is 8.38. The fourth-order valence-electron chi connectivity index (χ4n) is 4.57. The van der Waals surface area contributed by atoms with E-state index in [4.69, 9.17) is 0 Å². The quantitative estimate of drug-likeness (QED) is 0.873. The van der Waals surface area contributed by atoms with Crippen LogP contribution >= 0.6 is 0 Å². The van der Waals surface area contributed by atoms with Crippen LogP contribution < -0.4 is 0 Å². The first kappa shape index (κ1) is 14.5. The van der Waals surface area contributed by atoms with Gasteiger partial charge < -0.3 is 10.0 Å². The smallest absolute Gasteiger partial charge is 0.308 e. The average molecular weight is 311 g/mol. The largest absolute Gasteiger partial charge is 0.481 e. The van der Waals surface area contributed by atoms with Crippen molar-refractivity contribution in [2.75, 3.05) is 13.1 Å². The minimum atomic E-state index is -0.804. The zero-order valence-corrected chi connectivity index (χ0v) is 13.0. The van der Waals surface area contributed by atoms with E-state index < -0.39 is 11.9 Å². The van der Waals surface area contributed by atoms with Crippen LogP contribution in [0.25, 0.3) is 0 Å². The lowest BCUT2D eigenvalue weighted by molar-refractivity contribution is -0.142. The minimum absolute atomic E-state index is 0.0639. The molecule has 4 nitrogen and oxygen atoms in total. The van der Waals surface area contributed by atoms with E-state index in [0.717, 1.165) is 18.4 Å². The molecular formula is C19H21NO3. The van der Waals surface area contributed by atoms with Crippen molar-refractivity contribution in [2.45, 2.75) is 18.8 Å². The summed E-state index contributed by atoms with van der Waals surface area (Å²) < 4.78 is 0. The van der Waals surface area contributed by atoms with Gasteiger partial charge in [0.2, 0.25) is 5.91 Å². The van der Waals surface area contributed by atoms with Gasteiger partial charge in [-0.15, -0.1) is 0 Å². The number of carboxylic acids is 1. The molecule has 1 saturated heterocycles. The summed E-state index contributed by atoms with van der Waals surface area (Å²) >= 11 is 0. The second kappa shape index (κ2) is 5.52. The van der Waals surface area contributed by atoms with Crippen molar-refractivity contribution >= 4 is 11.9 Å². The summed E-state index contributed by atoms with van der Waals surface area (Å²) in [5.41, 5.74) is 1.02. The van der Waals surface area contributed by atoms with Crippen LogP contribution in [0.1, 0.15) is 24.3 Å². The number of fused-ring (bicyclic) bond motifs is 2. The highest BCUT2D eigenvalue weighted by molar-refractivity contribution is 5.82. The van der Waals surface area contributed by atoms with Crippen LogP contribution in [-0.2, 0) is 9.59 Å². The van der Waals surface area contributed by atoms with Gasteiger partial charge in [0.1, 0.15) is 0 Å². The third-order valence-electron chi connectivity index (χ3n) is 5.77. The molecule has 2 bridgehead atoms. The fraction of sp³-hybridized carbons (Fsp3) is 0.474. The minimum Gasteiger partial charge on any atom is -0.481 e. The predicted octanol–water partition coefficient (Wildman–Crippen LogP) is 2.53. The molecular weight excluding hydrogens is 290 g/mol. The Morgan fingerprint density at radius 2 is 1.78 bits per heavy atom. The van der Waals surface area contributed by atoms with Gasteiger partial charge >= 0.3 is 5.97 Å². The molecule has 0 radical (unpaired) electrons. The van der Waals surface area contributed by atoms with Crippen LogP contribution in [0.2, 0.25) is 0 Å². The van der Waals surface area contributed by atoms with Gasteiger partial charge in [0.25, 0.3) is 0 Å². The molecule has 1 aromatic carbocycles. The Morgan fingerprint density at radius 1 is 1.00 bits per heavy atom. The summed E-state index contributed by atoms with van der Waals surface area (Å²) in [6.45, 7) is 0.864. The Balaban J connectivity index is 1.54. The van der Waals surface area contributed by atoms with Crippen LogP contribution in [0.4, 0.5) is 0 Å². The van der Waals surface area contributed by atoms with Crippen molar-refractivity contribution in [2.24, 2.45) is 23.7 Å². The number of likely N-dealkylation sites (tertiary alicyclic amines) is 1. The van der Waals surface area contributed by atoms with Gasteiger partial charge in [0.05, 0.1) is 5.92 Å². The summed E-state index contributed by atoms with van der Waals surface area (Å²) in [5.74, 6) is -0.270. The van der Waals surface area contributed by atoms with Crippen molar-refractivity contribution in [3.05, 3.63) is 48.0 Å². The topological polar surface area (TPSA) is 57.6 Å². The standard InChI is InChI=1S/C19H21NO3/c21-18(15-9-12-6-7-14(15)8-12)20-10-16(17(11-20)19(22)23)13-4-2-1-3-5-13/h1-7,12,14-17H,8-11H2,(H,22,23)/t12?,14?,15?,16-,17-/m1/s1. The van der Waals surface area contributed by atoms with Crippen molar-refractivity contribution in [1.29, 1.82) is 0 Å². The Labute approximate surface area is 135 Å². The molecule has 3 unspecified atom stereocenters. The van der Waals surface area contributed by atoms with E-state index in [2.05, 4.69) is 12.2 Å². The molecule has 2 fully saturated rings. The molecule has 4 rings (SSSR count). The zero-order valence-electron chi connectivity index (χ0n) is 13.0. The van der Waals surface area contributed by atoms with Gasteiger partial charge in [-0.3, -0.25) is 9.59 Å². The Bertz CT molecular complexity index is 654. The fourth-order valence-corrected chi connectivity index (χ4v) is 4.57. The number of carbonyl (C=O) groups is 2. The van der Waals surface area contributed by atoms with Gasteiger partial charge in [-0.2, -0.15) is 0 Å². The van der Waals surface area contributed by atoms with E-state index >= 15 is 0 Å². The predicted molar refractivity (Wildman–Crippen MR) is 85.7 cm³/mol. The number of nitrogens with zero attached hydrogens (tertiary/aromatic N) is 1. The van der Waals surface area contributed by atoms with Crippen molar-refractivity contribution in [3.63, 3.8) is 0 Å². The third-order valence-corrected chi connectivity index (χ3v) is 5.77. The highest BCUT2D eigenvalue weighted by atomic mass is 16.4. The van der Waals surface area contributed by atoms with Crippen molar-refractivity contribution in [1.82, 2.24) is 4.90 Å². The van der Waals surface area contributed by atoms with E-state index in [1.165, 1.54) is 0 Å². The maximum Gasteiger partial charge on any atom is 0.308 e. The number of benzene rings is 1. The summed E-state index contributed by atoms with van der Waals surface area (Å²) in [4.78, 5) is 26.3. The summed E-state index contributed by atoms with van der Waals surface area (Å²) in [6.07, 6.45) is 6.43. The Hall–Kier alpha value is -2.10. The van der Waals surface area contributed by atoms with Crippen LogP contribution in [0.5, 0.6) is 0 Å². The van der Waals surface area contributed by atoms with E-state index in [1.807, 2.05) is 30.3 Å². The van der Waals surface area contributed by atoms with E-state index in [9.17, 15) is 14.7 Å². The molecule has 1 aromatic rings. The highest BCUT2D eigenvalue weighted by Gasteiger charge is 2.46. The zero-order chi connectivity index (χ0) is 16.0. The maximum atomic E-state index is 12.9. The van der Waals surface area contributed by atoms with Crippen LogP contribution in [0, 0.1) is 23.7 Å². The SMILES string of the molecule is O=C(O)[C@@H]1CN(C(=O)C2CC3C=CC2C3)C[C@@H]1c1ccccc1. The molecule has 0 aromatic heterocycles. The Morgan fingerprint density at radius 3 is 2.39 bits per heavy atom. The molecule has 120 valence electrons. The van der Waals surface area contributed by atoms with Crippen LogP contribution in [-0.4, -0.2) is 35.0 Å². The molecule has 1 N–H and O–H groups in total. The maximum absolute atomic E-state index is 12.9. The summed E-state index contributed by atoms with van der Waals surface area (Å²) in [5, 5.41) is 9.57. The molecule has 4 heteroatoms. The molecule has 1 heterocycles. The molecule has 3 aliphatic rings. The molecule has 1 aliphatic heterocycles. The Kier molecular flexibility index (Phi) is 3.47. The summed E-state index contributed by atoms with van der Waals surface area (Å²) in [6, 6.07) is 9.72. The number of hydrogen-bond acceptors (Lipinski definition) is 2. The van der Waals surface area contributed by atoms with Gasteiger partial charge in [-0.1, -0.05) is 42.5 Å². The molecule has 1 saturated carbocycles. The van der Waals surface area contributed by atoms with Gasteiger partial charge in [0.15, 0.2) is 0 Å². The molecule has 23 heavy (non-hydrogen) atoms. The lowest BCUT2D eigenvalue weighted by Gasteiger charge is -2.24. The number of amides is 1. The number of carbonyl (C=O) groups excluding carboxylic acids is 1.